The van der Waals surface area contributed by atoms with Crippen LogP contribution < -0.4 is 32.8 Å². The van der Waals surface area contributed by atoms with Crippen LogP contribution in [-0.2, 0) is 77.0 Å². The molecule has 424 valence electrons. The van der Waals surface area contributed by atoms with Gasteiger partial charge in [0.25, 0.3) is 0 Å². The first kappa shape index (κ1) is 67.7. The van der Waals surface area contributed by atoms with Crippen LogP contribution in [0.1, 0.15) is 241 Å². The molecule has 0 aliphatic heterocycles. The molecule has 0 aliphatic rings. The third-order valence-electron chi connectivity index (χ3n) is 19.3. The second kappa shape index (κ2) is 35.3. The normalized spacial score (nSPS) is 11.6. The summed E-state index contributed by atoms with van der Waals surface area (Å²) in [4.78, 5) is 0. The van der Waals surface area contributed by atoms with Gasteiger partial charge in [0.1, 0.15) is 0 Å². The smallest absolute Gasteiger partial charge is 0.200 e. The van der Waals surface area contributed by atoms with E-state index in [1.165, 1.54) is 156 Å². The van der Waals surface area contributed by atoms with E-state index in [1.807, 2.05) is 0 Å². The maximum absolute atomic E-state index is 2.61. The molecular formula is C76H112B2Mg. The molecule has 0 heterocycles. The fourth-order valence-electron chi connectivity index (χ4n) is 14.4. The van der Waals surface area contributed by atoms with Gasteiger partial charge >= 0.3 is 23.1 Å². The molecule has 0 nitrogen and oxygen atoms in total. The number of aryl methyl sites for hydroxylation is 12. The van der Waals surface area contributed by atoms with Crippen molar-refractivity contribution >= 4 is 68.1 Å². The summed E-state index contributed by atoms with van der Waals surface area (Å²) in [6, 6.07) is 45.4. The Morgan fingerprint density at radius 2 is 0.367 bits per heavy atom. The molecule has 0 spiro atoms. The molecule has 0 atom stereocenters. The van der Waals surface area contributed by atoms with Crippen LogP contribution in [0.15, 0.2) is 109 Å². The maximum Gasteiger partial charge on any atom is 2.00 e. The minimum Gasteiger partial charge on any atom is -0.200 e. The Hall–Kier alpha value is -3.78. The zero-order valence-corrected chi connectivity index (χ0v) is 55.1. The summed E-state index contributed by atoms with van der Waals surface area (Å²) >= 11 is 0. The first-order valence-electron chi connectivity index (χ1n) is 33.1. The molecular weight excluding hydrogens is 959 g/mol. The minimum atomic E-state index is -1.08. The van der Waals surface area contributed by atoms with Crippen LogP contribution in [0.2, 0.25) is 12.6 Å². The molecule has 0 bridgehead atoms. The van der Waals surface area contributed by atoms with Crippen LogP contribution in [0, 0.1) is 0 Å². The van der Waals surface area contributed by atoms with Crippen molar-refractivity contribution in [1.82, 2.24) is 0 Å². The van der Waals surface area contributed by atoms with Crippen LogP contribution in [0.3, 0.4) is 0 Å². The number of benzene rings is 6. The van der Waals surface area contributed by atoms with E-state index in [2.05, 4.69) is 206 Å². The van der Waals surface area contributed by atoms with E-state index in [-0.39, 0.29) is 23.1 Å². The first-order chi connectivity index (χ1) is 38.0. The van der Waals surface area contributed by atoms with E-state index in [0.717, 1.165) is 77.0 Å². The Kier molecular flexibility index (Phi) is 30.2. The van der Waals surface area contributed by atoms with Gasteiger partial charge in [-0.15, -0.1) is 0 Å². The molecule has 0 aromatic heterocycles. The summed E-state index contributed by atoms with van der Waals surface area (Å²) in [5.74, 6) is 0. The van der Waals surface area contributed by atoms with Crippen molar-refractivity contribution in [2.75, 3.05) is 0 Å². The Morgan fingerprint density at radius 3 is 0.532 bits per heavy atom. The first-order valence-corrected chi connectivity index (χ1v) is 33.1. The number of rotatable bonds is 32. The molecule has 0 saturated carbocycles. The third-order valence-corrected chi connectivity index (χ3v) is 19.3. The van der Waals surface area contributed by atoms with E-state index in [1.54, 1.807) is 32.8 Å². The molecule has 0 radical (unpaired) electrons. The monoisotopic (exact) mass is 1070 g/mol. The Balaban J connectivity index is 0.000000336. The second-order valence-electron chi connectivity index (χ2n) is 23.6. The molecule has 0 aliphatic carbocycles. The summed E-state index contributed by atoms with van der Waals surface area (Å²) < 4.78 is 0. The van der Waals surface area contributed by atoms with Crippen LogP contribution in [0.4, 0.5) is 0 Å². The summed E-state index contributed by atoms with van der Waals surface area (Å²) in [6.07, 6.45) is 29.6. The maximum atomic E-state index is 2.61. The van der Waals surface area contributed by atoms with Crippen molar-refractivity contribution in [3.05, 3.63) is 176 Å². The predicted octanol–water partition coefficient (Wildman–Crippen LogP) is 17.4. The van der Waals surface area contributed by atoms with Crippen molar-refractivity contribution in [3.8, 4) is 0 Å². The topological polar surface area (TPSA) is 0 Å². The predicted molar refractivity (Wildman–Crippen MR) is 363 cm³/mol. The minimum absolute atomic E-state index is 0. The van der Waals surface area contributed by atoms with Crippen LogP contribution in [0.5, 0.6) is 0 Å². The van der Waals surface area contributed by atoms with Crippen LogP contribution >= 0.6 is 0 Å². The largest absolute Gasteiger partial charge is 2.00 e. The number of hydrogen-bond donors (Lipinski definition) is 0. The number of unbranched alkanes of at least 4 members (excludes halogenated alkanes) is 10. The molecule has 79 heavy (non-hydrogen) atoms. The fourth-order valence-corrected chi connectivity index (χ4v) is 14.4. The molecule has 0 amide bonds. The summed E-state index contributed by atoms with van der Waals surface area (Å²) in [6.45, 7) is 32.4. The van der Waals surface area contributed by atoms with Gasteiger partial charge in [0.15, 0.2) is 0 Å². The third kappa shape index (κ3) is 16.7. The molecule has 0 saturated heterocycles. The van der Waals surface area contributed by atoms with Gasteiger partial charge < -0.3 is 0 Å². The molecule has 3 heteroatoms. The standard InChI is InChI=1S/2C38H56B.Mg/c2*1-8-15-16-17-18-19-26-39(36-23-20-30(9-2)33(12-5)27-36,37-24-21-31(10-3)34(13-6)28-37)38-25-22-32(11-4)35(14-7)29-38;/h2*20-25,27-29H,8-19,26H2,1-7H3;/q2*-1;+2. The van der Waals surface area contributed by atoms with Gasteiger partial charge in [-0.25, -0.2) is 0 Å². The van der Waals surface area contributed by atoms with E-state index < -0.39 is 12.3 Å². The van der Waals surface area contributed by atoms with Crippen LogP contribution in [0.25, 0.3) is 0 Å². The van der Waals surface area contributed by atoms with E-state index in [4.69, 9.17) is 0 Å². The molecule has 6 aromatic carbocycles. The van der Waals surface area contributed by atoms with Gasteiger partial charge in [-0.2, -0.15) is 45.4 Å². The van der Waals surface area contributed by atoms with Crippen molar-refractivity contribution in [3.63, 3.8) is 0 Å². The van der Waals surface area contributed by atoms with Gasteiger partial charge in [-0.3, -0.25) is 0 Å². The van der Waals surface area contributed by atoms with Gasteiger partial charge in [-0.05, 0) is 144 Å². The number of hydrogen-bond acceptors (Lipinski definition) is 0. The molecule has 0 N–H and O–H groups in total. The summed E-state index contributed by atoms with van der Waals surface area (Å²) in [5, 5.41) is 0. The Morgan fingerprint density at radius 1 is 0.203 bits per heavy atom. The van der Waals surface area contributed by atoms with Gasteiger partial charge in [0, 0.05) is 0 Å². The average Bonchev–Trinajstić information content (AvgIpc) is 3.69. The summed E-state index contributed by atoms with van der Waals surface area (Å²) in [7, 11) is 0. The van der Waals surface area contributed by atoms with Crippen molar-refractivity contribution < 1.29 is 0 Å². The SMILES string of the molecule is CCCCCCCC[B-](c1ccc(CC)c(CC)c1)(c1ccc(CC)c(CC)c1)c1ccc(CC)c(CC)c1.CCCCCCCC[B-](c1ccc(CC)c(CC)c1)(c1ccc(CC)c(CC)c1)c1ccc(CC)c(CC)c1.[Mg+2]. The molecule has 0 unspecified atom stereocenters. The van der Waals surface area contributed by atoms with Crippen molar-refractivity contribution in [1.29, 1.82) is 0 Å². The fraction of sp³-hybridized carbons (Fsp3) is 0.526. The van der Waals surface area contributed by atoms with E-state index >= 15 is 0 Å². The van der Waals surface area contributed by atoms with Gasteiger partial charge in [0.2, 0.25) is 0 Å². The molecule has 0 fully saturated rings. The zero-order valence-electron chi connectivity index (χ0n) is 53.6. The average molecular weight is 1070 g/mol. The molecule has 6 rings (SSSR count). The van der Waals surface area contributed by atoms with Crippen molar-refractivity contribution in [2.45, 2.75) is 264 Å². The zero-order chi connectivity index (χ0) is 56.5. The molecule has 6 aromatic rings. The second-order valence-corrected chi connectivity index (χ2v) is 23.6. The Labute approximate surface area is 504 Å². The van der Waals surface area contributed by atoms with Gasteiger partial charge in [-0.1, -0.05) is 283 Å². The quantitative estimate of drug-likeness (QED) is 0.0292. The van der Waals surface area contributed by atoms with E-state index in [9.17, 15) is 0 Å². The van der Waals surface area contributed by atoms with Crippen molar-refractivity contribution in [2.24, 2.45) is 0 Å². The van der Waals surface area contributed by atoms with E-state index in [0.29, 0.717) is 0 Å². The Bertz CT molecular complexity index is 2270. The van der Waals surface area contributed by atoms with Gasteiger partial charge in [0.05, 0.1) is 12.3 Å². The summed E-state index contributed by atoms with van der Waals surface area (Å²) in [5.41, 5.74) is 27.6. The van der Waals surface area contributed by atoms with Crippen LogP contribution in [-0.4, -0.2) is 35.3 Å².